The molecule has 2 fully saturated rings. The second-order valence-corrected chi connectivity index (χ2v) is 10.7. The van der Waals surface area contributed by atoms with Crippen molar-refractivity contribution in [1.82, 2.24) is 9.80 Å². The van der Waals surface area contributed by atoms with Gasteiger partial charge in [-0.2, -0.15) is 0 Å². The van der Waals surface area contributed by atoms with Crippen molar-refractivity contribution in [3.63, 3.8) is 0 Å². The van der Waals surface area contributed by atoms with Gasteiger partial charge in [0, 0.05) is 25.7 Å². The molecule has 180 valence electrons. The van der Waals surface area contributed by atoms with E-state index in [0.29, 0.717) is 5.41 Å². The van der Waals surface area contributed by atoms with E-state index >= 15 is 0 Å². The average Bonchev–Trinajstić information content (AvgIpc) is 3.23. The number of hydrogen-bond donors (Lipinski definition) is 1. The van der Waals surface area contributed by atoms with Crippen LogP contribution in [0.1, 0.15) is 54.4 Å². The van der Waals surface area contributed by atoms with Crippen molar-refractivity contribution in [2.24, 2.45) is 5.92 Å². The summed E-state index contributed by atoms with van der Waals surface area (Å²) in [6.45, 7) is 6.45. The highest BCUT2D eigenvalue weighted by Gasteiger charge is 2.41. The standard InChI is InChI=1S/C30H38N2O2/c1-23-6-8-24(9-7-23)10-11-29(34)32-18-13-26(14-19-32)28(33)22-31-20-16-30(17-21-31)15-12-25-4-2-3-5-27(25)30/h2-11,26,28,33H,12-22H2,1H3. The first kappa shape index (κ1) is 23.3. The number of benzene rings is 2. The van der Waals surface area contributed by atoms with E-state index in [0.717, 1.165) is 51.1 Å². The summed E-state index contributed by atoms with van der Waals surface area (Å²) in [6, 6.07) is 17.2. The Kier molecular flexibility index (Phi) is 6.89. The number of amides is 1. The summed E-state index contributed by atoms with van der Waals surface area (Å²) in [5.74, 6) is 0.361. The van der Waals surface area contributed by atoms with Crippen molar-refractivity contribution in [2.45, 2.75) is 57.0 Å². The summed E-state index contributed by atoms with van der Waals surface area (Å²) in [5, 5.41) is 11.0. The predicted molar refractivity (Wildman–Crippen MR) is 138 cm³/mol. The Labute approximate surface area is 204 Å². The van der Waals surface area contributed by atoms with E-state index in [-0.39, 0.29) is 17.9 Å². The van der Waals surface area contributed by atoms with E-state index in [1.165, 1.54) is 31.2 Å². The normalized spacial score (nSPS) is 21.8. The van der Waals surface area contributed by atoms with Crippen LogP contribution in [0.2, 0.25) is 0 Å². The molecule has 1 N–H and O–H groups in total. The van der Waals surface area contributed by atoms with Crippen LogP contribution in [0, 0.1) is 12.8 Å². The third kappa shape index (κ3) is 4.99. The van der Waals surface area contributed by atoms with Crippen LogP contribution in [0.15, 0.2) is 54.6 Å². The molecule has 1 aliphatic carbocycles. The van der Waals surface area contributed by atoms with Gasteiger partial charge < -0.3 is 14.9 Å². The summed E-state index contributed by atoms with van der Waals surface area (Å²) in [7, 11) is 0. The topological polar surface area (TPSA) is 43.8 Å². The minimum absolute atomic E-state index is 0.0756. The minimum Gasteiger partial charge on any atom is -0.392 e. The molecule has 1 amide bonds. The fraction of sp³-hybridized carbons (Fsp3) is 0.500. The zero-order valence-corrected chi connectivity index (χ0v) is 20.5. The van der Waals surface area contributed by atoms with Gasteiger partial charge in [-0.05, 0) is 92.6 Å². The number of β-amino-alcohol motifs (C(OH)–C–C–N with tert-alkyl or cyclic N) is 1. The van der Waals surface area contributed by atoms with Crippen LogP contribution in [-0.4, -0.2) is 59.6 Å². The summed E-state index contributed by atoms with van der Waals surface area (Å²) in [5.41, 5.74) is 5.77. The van der Waals surface area contributed by atoms with Crippen molar-refractivity contribution in [2.75, 3.05) is 32.7 Å². The number of aryl methyl sites for hydroxylation is 2. The lowest BCUT2D eigenvalue weighted by Crippen LogP contribution is -2.47. The maximum Gasteiger partial charge on any atom is 0.246 e. The van der Waals surface area contributed by atoms with Gasteiger partial charge in [0.2, 0.25) is 5.91 Å². The molecule has 2 aliphatic heterocycles. The first-order chi connectivity index (χ1) is 16.5. The number of likely N-dealkylation sites (tertiary alicyclic amines) is 2. The van der Waals surface area contributed by atoms with E-state index in [4.69, 9.17) is 0 Å². The van der Waals surface area contributed by atoms with Crippen LogP contribution in [0.3, 0.4) is 0 Å². The highest BCUT2D eigenvalue weighted by molar-refractivity contribution is 5.91. The van der Waals surface area contributed by atoms with Gasteiger partial charge in [0.1, 0.15) is 0 Å². The number of piperidine rings is 2. The van der Waals surface area contributed by atoms with Crippen molar-refractivity contribution in [3.8, 4) is 0 Å². The molecule has 2 aromatic carbocycles. The number of carbonyl (C=O) groups is 1. The Bertz CT molecular complexity index is 1010. The number of carbonyl (C=O) groups excluding carboxylic acids is 1. The van der Waals surface area contributed by atoms with E-state index < -0.39 is 0 Å². The number of nitrogens with zero attached hydrogens (tertiary/aromatic N) is 2. The summed E-state index contributed by atoms with van der Waals surface area (Å²) in [4.78, 5) is 17.0. The molecule has 2 saturated heterocycles. The van der Waals surface area contributed by atoms with Gasteiger partial charge in [0.05, 0.1) is 6.10 Å². The zero-order chi connectivity index (χ0) is 23.5. The summed E-state index contributed by atoms with van der Waals surface area (Å²) >= 11 is 0. The van der Waals surface area contributed by atoms with Crippen molar-refractivity contribution < 1.29 is 9.90 Å². The molecule has 1 atom stereocenters. The van der Waals surface area contributed by atoms with Gasteiger partial charge in [0.25, 0.3) is 0 Å². The molecule has 0 saturated carbocycles. The molecule has 0 aromatic heterocycles. The molecule has 0 bridgehead atoms. The van der Waals surface area contributed by atoms with Gasteiger partial charge in [-0.1, -0.05) is 54.1 Å². The highest BCUT2D eigenvalue weighted by atomic mass is 16.3. The van der Waals surface area contributed by atoms with Gasteiger partial charge >= 0.3 is 0 Å². The Hall–Kier alpha value is -2.43. The van der Waals surface area contributed by atoms with E-state index in [1.54, 1.807) is 17.2 Å². The molecule has 2 heterocycles. The van der Waals surface area contributed by atoms with E-state index in [2.05, 4.69) is 48.2 Å². The van der Waals surface area contributed by atoms with Gasteiger partial charge in [-0.3, -0.25) is 4.79 Å². The number of aliphatic hydroxyl groups is 1. The average molecular weight is 459 g/mol. The first-order valence-electron chi connectivity index (χ1n) is 13.0. The molecule has 4 nitrogen and oxygen atoms in total. The van der Waals surface area contributed by atoms with Crippen LogP contribution < -0.4 is 0 Å². The molecule has 0 radical (unpaired) electrons. The lowest BCUT2D eigenvalue weighted by molar-refractivity contribution is -0.128. The lowest BCUT2D eigenvalue weighted by atomic mass is 9.73. The molecule has 3 aliphatic rings. The predicted octanol–water partition coefficient (Wildman–Crippen LogP) is 4.59. The van der Waals surface area contributed by atoms with Crippen LogP contribution >= 0.6 is 0 Å². The molecule has 5 rings (SSSR count). The van der Waals surface area contributed by atoms with Gasteiger partial charge in [0.15, 0.2) is 0 Å². The zero-order valence-electron chi connectivity index (χ0n) is 20.5. The van der Waals surface area contributed by atoms with Crippen LogP contribution in [-0.2, 0) is 16.6 Å². The Morgan fingerprint density at radius 3 is 2.47 bits per heavy atom. The van der Waals surface area contributed by atoms with Crippen LogP contribution in [0.5, 0.6) is 0 Å². The van der Waals surface area contributed by atoms with Crippen LogP contribution in [0.4, 0.5) is 0 Å². The molecule has 2 aromatic rings. The Morgan fingerprint density at radius 2 is 1.74 bits per heavy atom. The van der Waals surface area contributed by atoms with Crippen LogP contribution in [0.25, 0.3) is 6.08 Å². The number of hydrogen-bond acceptors (Lipinski definition) is 3. The molecule has 4 heteroatoms. The van der Waals surface area contributed by atoms with Crippen molar-refractivity contribution in [1.29, 1.82) is 0 Å². The number of rotatable bonds is 5. The molecule has 1 unspecified atom stereocenters. The van der Waals surface area contributed by atoms with Gasteiger partial charge in [-0.25, -0.2) is 0 Å². The largest absolute Gasteiger partial charge is 0.392 e. The van der Waals surface area contributed by atoms with E-state index in [1.807, 2.05) is 23.1 Å². The van der Waals surface area contributed by atoms with E-state index in [9.17, 15) is 9.90 Å². The molecule has 34 heavy (non-hydrogen) atoms. The maximum absolute atomic E-state index is 12.6. The number of aliphatic hydroxyl groups excluding tert-OH is 1. The van der Waals surface area contributed by atoms with Crippen molar-refractivity contribution in [3.05, 3.63) is 76.9 Å². The fourth-order valence-electron chi connectivity index (χ4n) is 6.32. The summed E-state index contributed by atoms with van der Waals surface area (Å²) < 4.78 is 0. The molecule has 1 spiro atoms. The third-order valence-electron chi connectivity index (χ3n) is 8.61. The molecular formula is C30H38N2O2. The second kappa shape index (κ2) is 10.1. The molecular weight excluding hydrogens is 420 g/mol. The lowest BCUT2D eigenvalue weighted by Gasteiger charge is -2.42. The van der Waals surface area contributed by atoms with Gasteiger partial charge in [-0.15, -0.1) is 0 Å². The second-order valence-electron chi connectivity index (χ2n) is 10.7. The Balaban J connectivity index is 1.07. The fourth-order valence-corrected chi connectivity index (χ4v) is 6.32. The summed E-state index contributed by atoms with van der Waals surface area (Å²) in [6.07, 6.45) is 9.97. The third-order valence-corrected chi connectivity index (χ3v) is 8.61. The van der Waals surface area contributed by atoms with Crippen molar-refractivity contribution >= 4 is 12.0 Å². The maximum atomic E-state index is 12.6. The SMILES string of the molecule is Cc1ccc(C=CC(=O)N2CCC(C(O)CN3CCC4(CCc5ccccc54)CC3)CC2)cc1. The highest BCUT2D eigenvalue weighted by Crippen LogP contribution is 2.46. The monoisotopic (exact) mass is 458 g/mol. The quantitative estimate of drug-likeness (QED) is 0.667. The number of fused-ring (bicyclic) bond motifs is 2. The smallest absolute Gasteiger partial charge is 0.246 e. The Morgan fingerprint density at radius 1 is 1.03 bits per heavy atom. The first-order valence-corrected chi connectivity index (χ1v) is 13.0. The minimum atomic E-state index is -0.301.